The zero-order valence-corrected chi connectivity index (χ0v) is 49.7. The molecule has 0 aliphatic carbocycles. The molecule has 0 spiro atoms. The fourth-order valence-electron chi connectivity index (χ4n) is 10.3. The average Bonchev–Trinajstić information content (AvgIpc) is 3.39. The molecule has 432 valence electrons. The molecule has 6 heteroatoms. The number of esters is 3. The number of carbonyl (C=O) groups is 3. The van der Waals surface area contributed by atoms with Crippen LogP contribution in [-0.4, -0.2) is 37.2 Å². The van der Waals surface area contributed by atoms with Crippen LogP contribution in [0.15, 0.2) is 12.2 Å². The molecular weight excluding hydrogens is 901 g/mol. The van der Waals surface area contributed by atoms with Crippen LogP contribution in [0.4, 0.5) is 0 Å². The van der Waals surface area contributed by atoms with Crippen LogP contribution in [0.2, 0.25) is 0 Å². The van der Waals surface area contributed by atoms with Crippen LogP contribution in [0.25, 0.3) is 0 Å². The second-order valence-electron chi connectivity index (χ2n) is 22.7. The SMILES string of the molecule is CCCCCCCC/C=C\CCCCCCCCCCCC(=O)OC(COC(=O)CCCCCCCCCCCCCCCCC)COC(=O)CCCCCCCCCCCCCCCCCCCCCCC. The Morgan fingerprint density at radius 3 is 0.685 bits per heavy atom. The molecule has 0 N–H and O–H groups in total. The van der Waals surface area contributed by atoms with Gasteiger partial charge in [0.1, 0.15) is 13.2 Å². The molecule has 0 aromatic rings. The number of unbranched alkanes of at least 4 members (excludes halogenated alkanes) is 49. The van der Waals surface area contributed by atoms with Crippen molar-refractivity contribution in [2.24, 2.45) is 0 Å². The van der Waals surface area contributed by atoms with E-state index in [1.54, 1.807) is 0 Å². The smallest absolute Gasteiger partial charge is 0.306 e. The second kappa shape index (κ2) is 62.7. The van der Waals surface area contributed by atoms with Crippen LogP contribution in [0, 0.1) is 0 Å². The van der Waals surface area contributed by atoms with Gasteiger partial charge in [0.05, 0.1) is 0 Å². The standard InChI is InChI=1S/C67H128O6/c1-4-7-10-13-16-19-22-25-28-30-32-33-35-36-39-42-45-48-51-54-57-60-66(69)72-63-64(62-71-65(68)59-56-53-50-47-44-41-38-27-24-21-18-15-12-9-6-3)73-67(70)61-58-55-52-49-46-43-40-37-34-31-29-26-23-20-17-14-11-8-5-2/h26,29,64H,4-25,27-28,30-63H2,1-3H3/b29-26-. The predicted molar refractivity (Wildman–Crippen MR) is 317 cm³/mol. The van der Waals surface area contributed by atoms with Gasteiger partial charge in [-0.1, -0.05) is 328 Å². The van der Waals surface area contributed by atoms with Gasteiger partial charge >= 0.3 is 17.9 Å². The highest BCUT2D eigenvalue weighted by Crippen LogP contribution is 2.18. The Kier molecular flexibility index (Phi) is 61.1. The van der Waals surface area contributed by atoms with Crippen molar-refractivity contribution >= 4 is 17.9 Å². The van der Waals surface area contributed by atoms with Crippen molar-refractivity contribution in [3.63, 3.8) is 0 Å². The van der Waals surface area contributed by atoms with Crippen LogP contribution in [-0.2, 0) is 28.6 Å². The zero-order chi connectivity index (χ0) is 52.9. The van der Waals surface area contributed by atoms with E-state index in [1.807, 2.05) is 0 Å². The Morgan fingerprint density at radius 1 is 0.260 bits per heavy atom. The Hall–Kier alpha value is -1.85. The topological polar surface area (TPSA) is 78.9 Å². The lowest BCUT2D eigenvalue weighted by molar-refractivity contribution is -0.167. The minimum atomic E-state index is -0.767. The molecule has 0 bridgehead atoms. The lowest BCUT2D eigenvalue weighted by Crippen LogP contribution is -2.30. The van der Waals surface area contributed by atoms with Gasteiger partial charge in [0, 0.05) is 19.3 Å². The van der Waals surface area contributed by atoms with Crippen molar-refractivity contribution in [3.05, 3.63) is 12.2 Å². The predicted octanol–water partition coefficient (Wildman–Crippen LogP) is 22.4. The lowest BCUT2D eigenvalue weighted by Gasteiger charge is -2.18. The summed E-state index contributed by atoms with van der Waals surface area (Å²) in [5.74, 6) is -0.833. The van der Waals surface area contributed by atoms with Crippen molar-refractivity contribution in [1.82, 2.24) is 0 Å². The summed E-state index contributed by atoms with van der Waals surface area (Å²) in [5, 5.41) is 0. The number of rotatable bonds is 62. The van der Waals surface area contributed by atoms with Gasteiger partial charge in [-0.2, -0.15) is 0 Å². The van der Waals surface area contributed by atoms with E-state index in [9.17, 15) is 14.4 Å². The molecule has 0 saturated heterocycles. The van der Waals surface area contributed by atoms with Gasteiger partial charge in [0.15, 0.2) is 6.10 Å². The zero-order valence-electron chi connectivity index (χ0n) is 49.7. The summed E-state index contributed by atoms with van der Waals surface area (Å²) in [6, 6.07) is 0. The molecular formula is C67H128O6. The fraction of sp³-hybridized carbons (Fsp3) is 0.925. The van der Waals surface area contributed by atoms with Crippen LogP contribution in [0.5, 0.6) is 0 Å². The van der Waals surface area contributed by atoms with Crippen LogP contribution in [0.3, 0.4) is 0 Å². The molecule has 0 fully saturated rings. The van der Waals surface area contributed by atoms with Crippen molar-refractivity contribution in [1.29, 1.82) is 0 Å². The van der Waals surface area contributed by atoms with Gasteiger partial charge in [-0.05, 0) is 44.9 Å². The molecule has 73 heavy (non-hydrogen) atoms. The molecule has 0 heterocycles. The molecule has 1 unspecified atom stereocenters. The minimum Gasteiger partial charge on any atom is -0.462 e. The third kappa shape index (κ3) is 60.9. The molecule has 1 atom stereocenters. The van der Waals surface area contributed by atoms with E-state index in [0.717, 1.165) is 57.8 Å². The van der Waals surface area contributed by atoms with Gasteiger partial charge in [-0.15, -0.1) is 0 Å². The van der Waals surface area contributed by atoms with Crippen molar-refractivity contribution in [2.45, 2.75) is 386 Å². The molecule has 0 radical (unpaired) electrons. The van der Waals surface area contributed by atoms with E-state index in [2.05, 4.69) is 32.9 Å². The number of allylic oxidation sites excluding steroid dienone is 2. The molecule has 0 aromatic heterocycles. The molecule has 0 aliphatic heterocycles. The largest absolute Gasteiger partial charge is 0.462 e. The highest BCUT2D eigenvalue weighted by atomic mass is 16.6. The summed E-state index contributed by atoms with van der Waals surface area (Å²) in [6.07, 6.45) is 73.6. The van der Waals surface area contributed by atoms with Crippen LogP contribution < -0.4 is 0 Å². The lowest BCUT2D eigenvalue weighted by atomic mass is 10.0. The van der Waals surface area contributed by atoms with Gasteiger partial charge < -0.3 is 14.2 Å². The maximum absolute atomic E-state index is 12.9. The molecule has 6 nitrogen and oxygen atoms in total. The molecule has 0 saturated carbocycles. The Morgan fingerprint density at radius 2 is 0.452 bits per heavy atom. The normalized spacial score (nSPS) is 12.0. The molecule has 0 aromatic carbocycles. The van der Waals surface area contributed by atoms with Crippen LogP contribution >= 0.6 is 0 Å². The number of hydrogen-bond acceptors (Lipinski definition) is 6. The first-order chi connectivity index (χ1) is 36.0. The highest BCUT2D eigenvalue weighted by Gasteiger charge is 2.19. The summed E-state index contributed by atoms with van der Waals surface area (Å²) in [4.78, 5) is 38.3. The Balaban J connectivity index is 4.28. The highest BCUT2D eigenvalue weighted by molar-refractivity contribution is 5.71. The van der Waals surface area contributed by atoms with Gasteiger partial charge in [-0.25, -0.2) is 0 Å². The Labute approximate surface area is 456 Å². The summed E-state index contributed by atoms with van der Waals surface area (Å²) in [5.41, 5.74) is 0. The van der Waals surface area contributed by atoms with E-state index in [4.69, 9.17) is 14.2 Å². The van der Waals surface area contributed by atoms with Gasteiger partial charge in [-0.3, -0.25) is 14.4 Å². The van der Waals surface area contributed by atoms with Crippen molar-refractivity contribution < 1.29 is 28.6 Å². The first-order valence-electron chi connectivity index (χ1n) is 33.2. The number of carbonyl (C=O) groups excluding carboxylic acids is 3. The molecule has 0 amide bonds. The van der Waals surface area contributed by atoms with E-state index in [0.29, 0.717) is 19.3 Å². The quantitative estimate of drug-likeness (QED) is 0.0261. The first kappa shape index (κ1) is 71.2. The van der Waals surface area contributed by atoms with Crippen molar-refractivity contribution in [2.75, 3.05) is 13.2 Å². The van der Waals surface area contributed by atoms with E-state index >= 15 is 0 Å². The van der Waals surface area contributed by atoms with E-state index in [1.165, 1.54) is 283 Å². The van der Waals surface area contributed by atoms with Crippen LogP contribution in [0.1, 0.15) is 380 Å². The number of ether oxygens (including phenoxy) is 3. The number of hydrogen-bond donors (Lipinski definition) is 0. The molecule has 0 rings (SSSR count). The molecule has 0 aliphatic rings. The second-order valence-corrected chi connectivity index (χ2v) is 22.7. The van der Waals surface area contributed by atoms with E-state index in [-0.39, 0.29) is 31.1 Å². The third-order valence-corrected chi connectivity index (χ3v) is 15.3. The maximum atomic E-state index is 12.9. The monoisotopic (exact) mass is 1030 g/mol. The summed E-state index contributed by atoms with van der Waals surface area (Å²) >= 11 is 0. The summed E-state index contributed by atoms with van der Waals surface area (Å²) in [6.45, 7) is 6.72. The van der Waals surface area contributed by atoms with Gasteiger partial charge in [0.25, 0.3) is 0 Å². The third-order valence-electron chi connectivity index (χ3n) is 15.3. The first-order valence-corrected chi connectivity index (χ1v) is 33.2. The van der Waals surface area contributed by atoms with Gasteiger partial charge in [0.2, 0.25) is 0 Å². The Bertz CT molecular complexity index is 1130. The maximum Gasteiger partial charge on any atom is 0.306 e. The average molecular weight is 1030 g/mol. The fourth-order valence-corrected chi connectivity index (χ4v) is 10.3. The minimum absolute atomic E-state index is 0.0639. The van der Waals surface area contributed by atoms with E-state index < -0.39 is 6.10 Å². The summed E-state index contributed by atoms with van der Waals surface area (Å²) in [7, 11) is 0. The summed E-state index contributed by atoms with van der Waals surface area (Å²) < 4.78 is 17.0. The van der Waals surface area contributed by atoms with Crippen molar-refractivity contribution in [3.8, 4) is 0 Å².